The van der Waals surface area contributed by atoms with Gasteiger partial charge in [0.15, 0.2) is 0 Å². The third kappa shape index (κ3) is 3.17. The molecule has 1 heterocycles. The maximum Gasteiger partial charge on any atom is 0.416 e. The van der Waals surface area contributed by atoms with Crippen LogP contribution in [0.4, 0.5) is 13.2 Å². The number of methoxy groups -OCH3 is 1. The molecule has 1 aromatic rings. The third-order valence-electron chi connectivity index (χ3n) is 4.65. The average molecular weight is 365 g/mol. The first-order valence-corrected chi connectivity index (χ1v) is 9.02. The van der Waals surface area contributed by atoms with E-state index >= 15 is 0 Å². The molecule has 1 N–H and O–H groups in total. The molecule has 1 saturated carbocycles. The second-order valence-electron chi connectivity index (χ2n) is 6.08. The zero-order valence-electron chi connectivity index (χ0n) is 12.9. The number of alkyl halides is 3. The van der Waals surface area contributed by atoms with Gasteiger partial charge in [0.25, 0.3) is 0 Å². The molecule has 4 atom stereocenters. The molecule has 1 aliphatic heterocycles. The Morgan fingerprint density at radius 1 is 1.38 bits per heavy atom. The molecule has 5 nitrogen and oxygen atoms in total. The fourth-order valence-electron chi connectivity index (χ4n) is 3.48. The van der Waals surface area contributed by atoms with Crippen molar-refractivity contribution < 1.29 is 31.1 Å². The van der Waals surface area contributed by atoms with Gasteiger partial charge < -0.3 is 9.47 Å². The number of sulfonamides is 1. The van der Waals surface area contributed by atoms with Crippen LogP contribution in [0.25, 0.3) is 0 Å². The molecular weight excluding hydrogens is 347 g/mol. The van der Waals surface area contributed by atoms with Crippen LogP contribution in [0.5, 0.6) is 0 Å². The number of halogens is 3. The topological polar surface area (TPSA) is 64.6 Å². The molecule has 0 aromatic heterocycles. The molecule has 3 rings (SSSR count). The summed E-state index contributed by atoms with van der Waals surface area (Å²) in [6.07, 6.45) is -3.93. The number of hydrogen-bond acceptors (Lipinski definition) is 4. The Balaban J connectivity index is 1.81. The maximum atomic E-state index is 12.8. The predicted octanol–water partition coefficient (Wildman–Crippen LogP) is 2.03. The second-order valence-corrected chi connectivity index (χ2v) is 7.79. The summed E-state index contributed by atoms with van der Waals surface area (Å²) in [6.45, 7) is 0.883. The SMILES string of the molecule is COC[C@@H]1[C@H](NS(=O)(=O)c2cccc(C(F)(F)F)c2)[C@@H]2CCO[C@H]12. The van der Waals surface area contributed by atoms with Crippen LogP contribution in [-0.4, -0.2) is 40.9 Å². The highest BCUT2D eigenvalue weighted by atomic mass is 32.2. The molecule has 24 heavy (non-hydrogen) atoms. The Morgan fingerprint density at radius 2 is 2.12 bits per heavy atom. The van der Waals surface area contributed by atoms with Crippen LogP contribution >= 0.6 is 0 Å². The summed E-state index contributed by atoms with van der Waals surface area (Å²) >= 11 is 0. The molecule has 0 spiro atoms. The minimum absolute atomic E-state index is 0.0331. The van der Waals surface area contributed by atoms with Gasteiger partial charge in [-0.2, -0.15) is 13.2 Å². The summed E-state index contributed by atoms with van der Waals surface area (Å²) in [4.78, 5) is -0.393. The monoisotopic (exact) mass is 365 g/mol. The lowest BCUT2D eigenvalue weighted by atomic mass is 9.68. The Morgan fingerprint density at radius 3 is 2.79 bits per heavy atom. The highest BCUT2D eigenvalue weighted by Gasteiger charge is 2.55. The summed E-state index contributed by atoms with van der Waals surface area (Å²) in [6, 6.07) is 3.35. The molecule has 0 amide bonds. The Hall–Kier alpha value is -1.16. The minimum Gasteiger partial charge on any atom is -0.384 e. The number of benzene rings is 1. The van der Waals surface area contributed by atoms with E-state index in [1.165, 1.54) is 7.11 Å². The number of nitrogens with one attached hydrogen (secondary N) is 1. The fourth-order valence-corrected chi connectivity index (χ4v) is 4.87. The van der Waals surface area contributed by atoms with E-state index in [-0.39, 0.29) is 17.9 Å². The van der Waals surface area contributed by atoms with E-state index in [0.29, 0.717) is 19.3 Å². The maximum absolute atomic E-state index is 12.8. The Kier molecular flexibility index (Phi) is 4.63. The van der Waals surface area contributed by atoms with Crippen LogP contribution in [0.1, 0.15) is 12.0 Å². The van der Waals surface area contributed by atoms with Gasteiger partial charge >= 0.3 is 6.18 Å². The molecular formula is C15H18F3NO4S. The number of fused-ring (bicyclic) bond motifs is 1. The molecule has 9 heteroatoms. The lowest BCUT2D eigenvalue weighted by molar-refractivity contribution is -0.137. The molecule has 2 aliphatic rings. The molecule has 1 aliphatic carbocycles. The van der Waals surface area contributed by atoms with E-state index < -0.39 is 32.7 Å². The molecule has 0 unspecified atom stereocenters. The second kappa shape index (κ2) is 6.29. The van der Waals surface area contributed by atoms with E-state index in [4.69, 9.17) is 9.47 Å². The normalized spacial score (nSPS) is 30.0. The molecule has 0 bridgehead atoms. The van der Waals surface area contributed by atoms with Crippen molar-refractivity contribution in [2.45, 2.75) is 29.6 Å². The van der Waals surface area contributed by atoms with Gasteiger partial charge in [-0.15, -0.1) is 0 Å². The van der Waals surface area contributed by atoms with Crippen LogP contribution in [0.15, 0.2) is 29.2 Å². The zero-order chi connectivity index (χ0) is 17.5. The van der Waals surface area contributed by atoms with Gasteiger partial charge in [-0.25, -0.2) is 13.1 Å². The smallest absolute Gasteiger partial charge is 0.384 e. The van der Waals surface area contributed by atoms with Gasteiger partial charge in [0, 0.05) is 31.6 Å². The summed E-state index contributed by atoms with van der Waals surface area (Å²) in [5.41, 5.74) is -0.991. The van der Waals surface area contributed by atoms with Crippen LogP contribution < -0.4 is 4.72 Å². The molecule has 1 saturated heterocycles. The van der Waals surface area contributed by atoms with Crippen LogP contribution in [0.3, 0.4) is 0 Å². The van der Waals surface area contributed by atoms with E-state index in [2.05, 4.69) is 4.72 Å². The highest BCUT2D eigenvalue weighted by molar-refractivity contribution is 7.89. The van der Waals surface area contributed by atoms with E-state index in [1.807, 2.05) is 0 Å². The van der Waals surface area contributed by atoms with E-state index in [1.54, 1.807) is 0 Å². The highest BCUT2D eigenvalue weighted by Crippen LogP contribution is 2.44. The first-order valence-electron chi connectivity index (χ1n) is 7.54. The number of hydrogen-bond donors (Lipinski definition) is 1. The third-order valence-corrected chi connectivity index (χ3v) is 6.11. The molecule has 2 fully saturated rings. The van der Waals surface area contributed by atoms with Gasteiger partial charge in [0.05, 0.1) is 23.2 Å². The Labute approximate surface area is 138 Å². The zero-order valence-corrected chi connectivity index (χ0v) is 13.7. The van der Waals surface area contributed by atoms with Crippen LogP contribution in [-0.2, 0) is 25.7 Å². The van der Waals surface area contributed by atoms with Crippen molar-refractivity contribution in [1.82, 2.24) is 4.72 Å². The van der Waals surface area contributed by atoms with Crippen LogP contribution in [0.2, 0.25) is 0 Å². The van der Waals surface area contributed by atoms with Crippen molar-refractivity contribution in [3.8, 4) is 0 Å². The lowest BCUT2D eigenvalue weighted by Gasteiger charge is -2.47. The van der Waals surface area contributed by atoms with Crippen LogP contribution in [0, 0.1) is 11.8 Å². The average Bonchev–Trinajstić information content (AvgIpc) is 2.94. The van der Waals surface area contributed by atoms with Crippen molar-refractivity contribution >= 4 is 10.0 Å². The molecule has 0 radical (unpaired) electrons. The predicted molar refractivity (Wildman–Crippen MR) is 78.8 cm³/mol. The minimum atomic E-state index is -4.59. The molecule has 134 valence electrons. The Bertz CT molecular complexity index is 707. The van der Waals surface area contributed by atoms with Crippen molar-refractivity contribution in [1.29, 1.82) is 0 Å². The number of rotatable bonds is 5. The van der Waals surface area contributed by atoms with Gasteiger partial charge in [-0.3, -0.25) is 0 Å². The van der Waals surface area contributed by atoms with Gasteiger partial charge in [0.1, 0.15) is 0 Å². The van der Waals surface area contributed by atoms with Gasteiger partial charge in [-0.1, -0.05) is 6.07 Å². The van der Waals surface area contributed by atoms with Crippen molar-refractivity contribution in [3.05, 3.63) is 29.8 Å². The number of ether oxygens (including phenoxy) is 2. The summed E-state index contributed by atoms with van der Waals surface area (Å²) in [5.74, 6) is -0.103. The lowest BCUT2D eigenvalue weighted by Crippen LogP contribution is -2.62. The van der Waals surface area contributed by atoms with Crippen molar-refractivity contribution in [2.24, 2.45) is 11.8 Å². The summed E-state index contributed by atoms with van der Waals surface area (Å²) in [7, 11) is -2.54. The standard InChI is InChI=1S/C15H18F3NO4S/c1-22-8-12-13(11-5-6-23-14(11)12)19-24(20,21)10-4-2-3-9(7-10)15(16,17)18/h2-4,7,11-14,19H,5-6,8H2,1H3/t11-,12+,13+,14-/m0/s1. The first kappa shape index (κ1) is 17.7. The molecule has 1 aromatic carbocycles. The largest absolute Gasteiger partial charge is 0.416 e. The van der Waals surface area contributed by atoms with E-state index in [0.717, 1.165) is 24.6 Å². The summed E-state index contributed by atoms with van der Waals surface area (Å²) < 4.78 is 76.6. The van der Waals surface area contributed by atoms with Gasteiger partial charge in [0.2, 0.25) is 10.0 Å². The van der Waals surface area contributed by atoms with Gasteiger partial charge in [-0.05, 0) is 24.6 Å². The van der Waals surface area contributed by atoms with Crippen molar-refractivity contribution in [3.63, 3.8) is 0 Å². The fraction of sp³-hybridized carbons (Fsp3) is 0.600. The van der Waals surface area contributed by atoms with Crippen molar-refractivity contribution in [2.75, 3.05) is 20.3 Å². The van der Waals surface area contributed by atoms with E-state index in [9.17, 15) is 21.6 Å². The summed E-state index contributed by atoms with van der Waals surface area (Å²) in [5, 5.41) is 0. The first-order chi connectivity index (χ1) is 11.2. The quantitative estimate of drug-likeness (QED) is 0.867.